The first-order valence-electron chi connectivity index (χ1n) is 9.66. The molecule has 0 aliphatic rings. The fraction of sp³-hybridized carbons (Fsp3) is 0.318. The van der Waals surface area contributed by atoms with Crippen molar-refractivity contribution >= 4 is 34.2 Å². The number of hydrogen-bond donors (Lipinski definition) is 1. The SMILES string of the molecule is CCC(c1nc2cc(Cl)ccc2c(=O)n1CC)N(C)C(=O)Nc1ccccc1C. The third-order valence-electron chi connectivity index (χ3n) is 5.12. The largest absolute Gasteiger partial charge is 0.322 e. The number of hydrogen-bond acceptors (Lipinski definition) is 3. The van der Waals surface area contributed by atoms with Crippen LogP contribution in [-0.4, -0.2) is 27.5 Å². The third-order valence-corrected chi connectivity index (χ3v) is 5.36. The first-order valence-corrected chi connectivity index (χ1v) is 10.0. The Morgan fingerprint density at radius 3 is 2.62 bits per heavy atom. The summed E-state index contributed by atoms with van der Waals surface area (Å²) < 4.78 is 1.63. The Labute approximate surface area is 175 Å². The van der Waals surface area contributed by atoms with E-state index in [4.69, 9.17) is 16.6 Å². The van der Waals surface area contributed by atoms with Gasteiger partial charge in [0.1, 0.15) is 5.82 Å². The molecule has 0 spiro atoms. The van der Waals surface area contributed by atoms with Crippen molar-refractivity contribution in [3.63, 3.8) is 0 Å². The lowest BCUT2D eigenvalue weighted by molar-refractivity contribution is 0.198. The summed E-state index contributed by atoms with van der Waals surface area (Å²) >= 11 is 6.11. The molecule has 6 nitrogen and oxygen atoms in total. The molecule has 0 saturated heterocycles. The summed E-state index contributed by atoms with van der Waals surface area (Å²) in [7, 11) is 1.72. The van der Waals surface area contributed by atoms with Gasteiger partial charge < -0.3 is 10.2 Å². The summed E-state index contributed by atoms with van der Waals surface area (Å²) in [5, 5.41) is 3.98. The summed E-state index contributed by atoms with van der Waals surface area (Å²) in [5.74, 6) is 0.553. The zero-order valence-electron chi connectivity index (χ0n) is 17.1. The van der Waals surface area contributed by atoms with Crippen LogP contribution in [0, 0.1) is 6.92 Å². The van der Waals surface area contributed by atoms with Gasteiger partial charge in [-0.2, -0.15) is 0 Å². The van der Waals surface area contributed by atoms with Gasteiger partial charge in [0, 0.05) is 24.3 Å². The standard InChI is InChI=1S/C22H25ClN4O2/c1-5-19(26(4)22(29)25-17-10-8-7-9-14(17)3)20-24-18-13-15(23)11-12-16(18)21(28)27(20)6-2/h7-13,19H,5-6H2,1-4H3,(H,25,29). The molecule has 3 rings (SSSR count). The number of aryl methyl sites for hydroxylation is 1. The predicted molar refractivity (Wildman–Crippen MR) is 118 cm³/mol. The molecule has 7 heteroatoms. The van der Waals surface area contributed by atoms with Crippen LogP contribution < -0.4 is 10.9 Å². The highest BCUT2D eigenvalue weighted by molar-refractivity contribution is 6.31. The number of carbonyl (C=O) groups excluding carboxylic acids is 1. The van der Waals surface area contributed by atoms with Crippen molar-refractivity contribution in [3.05, 3.63) is 69.2 Å². The van der Waals surface area contributed by atoms with Gasteiger partial charge in [0.15, 0.2) is 0 Å². The van der Waals surface area contributed by atoms with E-state index < -0.39 is 0 Å². The fourth-order valence-corrected chi connectivity index (χ4v) is 3.63. The molecule has 1 N–H and O–H groups in total. The van der Waals surface area contributed by atoms with Crippen LogP contribution in [0.4, 0.5) is 10.5 Å². The second kappa shape index (κ2) is 8.66. The maximum atomic E-state index is 13.0. The minimum atomic E-state index is -0.366. The Kier molecular flexibility index (Phi) is 6.23. The Bertz CT molecular complexity index is 1110. The lowest BCUT2D eigenvalue weighted by atomic mass is 10.1. The third kappa shape index (κ3) is 4.12. The lowest BCUT2D eigenvalue weighted by Gasteiger charge is -2.29. The van der Waals surface area contributed by atoms with Crippen molar-refractivity contribution in [2.24, 2.45) is 0 Å². The molecule has 1 unspecified atom stereocenters. The highest BCUT2D eigenvalue weighted by atomic mass is 35.5. The summed E-state index contributed by atoms with van der Waals surface area (Å²) in [4.78, 5) is 32.2. The van der Waals surface area contributed by atoms with E-state index in [1.54, 1.807) is 34.7 Å². The molecule has 2 amide bonds. The van der Waals surface area contributed by atoms with Crippen molar-refractivity contribution in [3.8, 4) is 0 Å². The first-order chi connectivity index (χ1) is 13.9. The fourth-order valence-electron chi connectivity index (χ4n) is 3.46. The monoisotopic (exact) mass is 412 g/mol. The van der Waals surface area contributed by atoms with Crippen LogP contribution in [0.25, 0.3) is 10.9 Å². The zero-order valence-corrected chi connectivity index (χ0v) is 17.8. The van der Waals surface area contributed by atoms with Crippen LogP contribution in [0.15, 0.2) is 47.3 Å². The maximum Gasteiger partial charge on any atom is 0.322 e. The molecule has 0 fully saturated rings. The van der Waals surface area contributed by atoms with Crippen molar-refractivity contribution in [1.29, 1.82) is 0 Å². The van der Waals surface area contributed by atoms with Crippen LogP contribution in [-0.2, 0) is 6.54 Å². The minimum absolute atomic E-state index is 0.129. The average Bonchev–Trinajstić information content (AvgIpc) is 2.70. The van der Waals surface area contributed by atoms with Gasteiger partial charge in [0.25, 0.3) is 5.56 Å². The van der Waals surface area contributed by atoms with E-state index in [0.29, 0.717) is 34.7 Å². The van der Waals surface area contributed by atoms with E-state index in [2.05, 4.69) is 5.32 Å². The summed E-state index contributed by atoms with van der Waals surface area (Å²) in [6.45, 7) is 6.27. The summed E-state index contributed by atoms with van der Waals surface area (Å²) in [6, 6.07) is 12.0. The van der Waals surface area contributed by atoms with Gasteiger partial charge in [0.05, 0.1) is 16.9 Å². The number of anilines is 1. The molecular formula is C22H25ClN4O2. The molecule has 0 bridgehead atoms. The second-order valence-electron chi connectivity index (χ2n) is 6.96. The molecule has 2 aromatic carbocycles. The average molecular weight is 413 g/mol. The van der Waals surface area contributed by atoms with Crippen molar-refractivity contribution in [2.45, 2.75) is 39.8 Å². The van der Waals surface area contributed by atoms with E-state index in [0.717, 1.165) is 11.3 Å². The van der Waals surface area contributed by atoms with Gasteiger partial charge in [0.2, 0.25) is 0 Å². The minimum Gasteiger partial charge on any atom is -0.317 e. The number of amides is 2. The van der Waals surface area contributed by atoms with Gasteiger partial charge in [-0.15, -0.1) is 0 Å². The summed E-state index contributed by atoms with van der Waals surface area (Å²) in [5.41, 5.74) is 2.14. The highest BCUT2D eigenvalue weighted by Gasteiger charge is 2.25. The number of halogens is 1. The smallest absolute Gasteiger partial charge is 0.317 e. The van der Waals surface area contributed by atoms with Gasteiger partial charge >= 0.3 is 6.03 Å². The van der Waals surface area contributed by atoms with Crippen molar-refractivity contribution < 1.29 is 4.79 Å². The molecule has 1 heterocycles. The second-order valence-corrected chi connectivity index (χ2v) is 7.40. The van der Waals surface area contributed by atoms with E-state index in [-0.39, 0.29) is 17.6 Å². The normalized spacial score (nSPS) is 12.0. The molecule has 3 aromatic rings. The van der Waals surface area contributed by atoms with E-state index in [1.165, 1.54) is 0 Å². The number of benzene rings is 2. The number of aromatic nitrogens is 2. The molecule has 29 heavy (non-hydrogen) atoms. The van der Waals surface area contributed by atoms with Crippen LogP contribution >= 0.6 is 11.6 Å². The van der Waals surface area contributed by atoms with E-state index in [1.807, 2.05) is 45.0 Å². The zero-order chi connectivity index (χ0) is 21.1. The van der Waals surface area contributed by atoms with Crippen LogP contribution in [0.1, 0.15) is 37.7 Å². The van der Waals surface area contributed by atoms with Gasteiger partial charge in [-0.25, -0.2) is 9.78 Å². The number of carbonyl (C=O) groups is 1. The van der Waals surface area contributed by atoms with Crippen LogP contribution in [0.2, 0.25) is 5.02 Å². The number of rotatable bonds is 5. The Balaban J connectivity index is 2.02. The maximum absolute atomic E-state index is 13.0. The van der Waals surface area contributed by atoms with Crippen molar-refractivity contribution in [2.75, 3.05) is 12.4 Å². The predicted octanol–water partition coefficient (Wildman–Crippen LogP) is 4.99. The molecule has 152 valence electrons. The molecule has 0 aliphatic carbocycles. The Morgan fingerprint density at radius 2 is 1.97 bits per heavy atom. The number of fused-ring (bicyclic) bond motifs is 1. The van der Waals surface area contributed by atoms with Crippen LogP contribution in [0.3, 0.4) is 0 Å². The van der Waals surface area contributed by atoms with Crippen molar-refractivity contribution in [1.82, 2.24) is 14.5 Å². The van der Waals surface area contributed by atoms with E-state index in [9.17, 15) is 9.59 Å². The molecule has 0 saturated carbocycles. The number of nitrogens with one attached hydrogen (secondary N) is 1. The number of urea groups is 1. The molecular weight excluding hydrogens is 388 g/mol. The quantitative estimate of drug-likeness (QED) is 0.641. The lowest BCUT2D eigenvalue weighted by Crippen LogP contribution is -2.38. The Morgan fingerprint density at radius 1 is 1.24 bits per heavy atom. The van der Waals surface area contributed by atoms with E-state index >= 15 is 0 Å². The Hall–Kier alpha value is -2.86. The molecule has 0 aliphatic heterocycles. The van der Waals surface area contributed by atoms with Crippen LogP contribution in [0.5, 0.6) is 0 Å². The molecule has 1 atom stereocenters. The van der Waals surface area contributed by atoms with Gasteiger partial charge in [-0.3, -0.25) is 9.36 Å². The number of para-hydroxylation sites is 1. The van der Waals surface area contributed by atoms with Gasteiger partial charge in [-0.1, -0.05) is 36.7 Å². The topological polar surface area (TPSA) is 67.2 Å². The molecule has 1 aromatic heterocycles. The first kappa shape index (κ1) is 20.9. The summed E-state index contributed by atoms with van der Waals surface area (Å²) in [6.07, 6.45) is 0.607. The van der Waals surface area contributed by atoms with Gasteiger partial charge in [-0.05, 0) is 50.1 Å². The number of nitrogens with zero attached hydrogens (tertiary/aromatic N) is 3. The highest BCUT2D eigenvalue weighted by Crippen LogP contribution is 2.25. The molecule has 0 radical (unpaired) electrons.